The van der Waals surface area contributed by atoms with Crippen LogP contribution in [-0.2, 0) is 14.8 Å². The number of aromatic nitrogens is 1. The second-order valence-corrected chi connectivity index (χ2v) is 7.57. The molecule has 6 nitrogen and oxygen atoms in total. The minimum atomic E-state index is -3.61. The summed E-state index contributed by atoms with van der Waals surface area (Å²) >= 11 is 0. The van der Waals surface area contributed by atoms with Crippen LogP contribution in [0.3, 0.4) is 0 Å². The normalized spacial score (nSPS) is 11.1. The van der Waals surface area contributed by atoms with Gasteiger partial charge < -0.3 is 5.32 Å². The number of anilines is 1. The van der Waals surface area contributed by atoms with Crippen molar-refractivity contribution in [2.45, 2.75) is 11.3 Å². The van der Waals surface area contributed by atoms with Gasteiger partial charge in [-0.25, -0.2) is 18.1 Å². The molecule has 3 aromatic rings. The number of rotatable bonds is 7. The lowest BCUT2D eigenvalue weighted by Crippen LogP contribution is -2.27. The highest BCUT2D eigenvalue weighted by Crippen LogP contribution is 2.19. The number of hydrogen-bond acceptors (Lipinski definition) is 4. The Bertz CT molecular complexity index is 990. The first-order valence-electron chi connectivity index (χ1n) is 8.41. The van der Waals surface area contributed by atoms with Crippen molar-refractivity contribution in [3.05, 3.63) is 79.0 Å². The molecule has 0 aliphatic rings. The van der Waals surface area contributed by atoms with Gasteiger partial charge in [-0.3, -0.25) is 4.79 Å². The molecule has 7 heteroatoms. The Labute approximate surface area is 158 Å². The monoisotopic (exact) mass is 381 g/mol. The van der Waals surface area contributed by atoms with Crippen molar-refractivity contribution < 1.29 is 13.2 Å². The molecule has 0 aliphatic carbocycles. The first kappa shape index (κ1) is 18.8. The lowest BCUT2D eigenvalue weighted by molar-refractivity contribution is -0.116. The van der Waals surface area contributed by atoms with Gasteiger partial charge in [0, 0.05) is 24.7 Å². The molecule has 2 aromatic carbocycles. The van der Waals surface area contributed by atoms with E-state index in [0.29, 0.717) is 5.82 Å². The number of amides is 1. The first-order chi connectivity index (χ1) is 13.0. The molecule has 2 N–H and O–H groups in total. The molecular weight excluding hydrogens is 362 g/mol. The molecule has 0 atom stereocenters. The van der Waals surface area contributed by atoms with Crippen LogP contribution in [0.1, 0.15) is 6.42 Å². The van der Waals surface area contributed by atoms with E-state index in [1.807, 2.05) is 36.4 Å². The molecule has 0 aliphatic heterocycles. The van der Waals surface area contributed by atoms with E-state index in [0.717, 1.165) is 11.1 Å². The minimum Gasteiger partial charge on any atom is -0.311 e. The Hall–Kier alpha value is -3.03. The predicted molar refractivity (Wildman–Crippen MR) is 105 cm³/mol. The van der Waals surface area contributed by atoms with E-state index < -0.39 is 10.0 Å². The maximum absolute atomic E-state index is 12.1. The Morgan fingerprint density at radius 2 is 1.52 bits per heavy atom. The average molecular weight is 381 g/mol. The third-order valence-corrected chi connectivity index (χ3v) is 5.31. The van der Waals surface area contributed by atoms with Crippen LogP contribution in [0.2, 0.25) is 0 Å². The fraction of sp³-hybridized carbons (Fsp3) is 0.100. The molecule has 0 bridgehead atoms. The van der Waals surface area contributed by atoms with Gasteiger partial charge in [0.1, 0.15) is 5.82 Å². The molecule has 138 valence electrons. The molecule has 0 saturated heterocycles. The second kappa shape index (κ2) is 8.57. The quantitative estimate of drug-likeness (QED) is 0.658. The van der Waals surface area contributed by atoms with Crippen LogP contribution in [-0.4, -0.2) is 25.9 Å². The summed E-state index contributed by atoms with van der Waals surface area (Å²) < 4.78 is 26.6. The highest BCUT2D eigenvalue weighted by molar-refractivity contribution is 7.89. The van der Waals surface area contributed by atoms with Crippen LogP contribution in [0.5, 0.6) is 0 Å². The lowest BCUT2D eigenvalue weighted by Gasteiger charge is -2.08. The number of nitrogens with one attached hydrogen (secondary N) is 2. The Kier molecular flexibility index (Phi) is 5.95. The van der Waals surface area contributed by atoms with Crippen molar-refractivity contribution in [2.75, 3.05) is 11.9 Å². The van der Waals surface area contributed by atoms with E-state index >= 15 is 0 Å². The van der Waals surface area contributed by atoms with Crippen molar-refractivity contribution >= 4 is 21.7 Å². The molecule has 1 aromatic heterocycles. The number of sulfonamides is 1. The van der Waals surface area contributed by atoms with Crippen molar-refractivity contribution in [2.24, 2.45) is 0 Å². The molecule has 0 spiro atoms. The van der Waals surface area contributed by atoms with Crippen LogP contribution in [0.15, 0.2) is 83.9 Å². The highest BCUT2D eigenvalue weighted by atomic mass is 32.2. The fourth-order valence-electron chi connectivity index (χ4n) is 2.46. The third-order valence-electron chi connectivity index (χ3n) is 3.84. The van der Waals surface area contributed by atoms with Crippen LogP contribution in [0, 0.1) is 0 Å². The summed E-state index contributed by atoms with van der Waals surface area (Å²) in [5.41, 5.74) is 1.99. The van der Waals surface area contributed by atoms with E-state index in [9.17, 15) is 13.2 Å². The van der Waals surface area contributed by atoms with E-state index in [1.54, 1.807) is 30.5 Å². The van der Waals surface area contributed by atoms with Crippen molar-refractivity contribution in [1.29, 1.82) is 0 Å². The van der Waals surface area contributed by atoms with E-state index in [2.05, 4.69) is 15.0 Å². The topological polar surface area (TPSA) is 88.2 Å². The Balaban J connectivity index is 1.51. The largest absolute Gasteiger partial charge is 0.311 e. The molecule has 3 rings (SSSR count). The van der Waals surface area contributed by atoms with Crippen molar-refractivity contribution in [1.82, 2.24) is 9.71 Å². The number of carbonyl (C=O) groups excluding carboxylic acids is 1. The van der Waals surface area contributed by atoms with Crippen LogP contribution >= 0.6 is 0 Å². The molecule has 0 fully saturated rings. The molecule has 0 radical (unpaired) electrons. The van der Waals surface area contributed by atoms with Crippen molar-refractivity contribution in [3.8, 4) is 11.1 Å². The molecular formula is C20H19N3O3S. The fourth-order valence-corrected chi connectivity index (χ4v) is 3.51. The Morgan fingerprint density at radius 3 is 2.15 bits per heavy atom. The lowest BCUT2D eigenvalue weighted by atomic mass is 10.1. The minimum absolute atomic E-state index is 0.00512. The Morgan fingerprint density at radius 1 is 0.852 bits per heavy atom. The summed E-state index contributed by atoms with van der Waals surface area (Å²) in [5.74, 6) is 0.108. The highest BCUT2D eigenvalue weighted by Gasteiger charge is 2.13. The predicted octanol–water partition coefficient (Wildman–Crippen LogP) is 3.06. The smallest absolute Gasteiger partial charge is 0.240 e. The number of benzene rings is 2. The zero-order valence-electron chi connectivity index (χ0n) is 14.5. The van der Waals surface area contributed by atoms with Gasteiger partial charge in [-0.2, -0.15) is 0 Å². The maximum atomic E-state index is 12.1. The van der Waals surface area contributed by atoms with E-state index in [1.165, 1.54) is 12.1 Å². The zero-order chi connectivity index (χ0) is 19.1. The molecule has 0 unspecified atom stereocenters. The summed E-state index contributed by atoms with van der Waals surface area (Å²) in [6, 6.07) is 21.4. The second-order valence-electron chi connectivity index (χ2n) is 5.81. The van der Waals surface area contributed by atoms with Gasteiger partial charge in [-0.05, 0) is 29.8 Å². The number of carbonyl (C=O) groups is 1. The summed E-state index contributed by atoms with van der Waals surface area (Å²) in [6.45, 7) is 0.00512. The van der Waals surface area contributed by atoms with Gasteiger partial charge in [0.15, 0.2) is 0 Å². The maximum Gasteiger partial charge on any atom is 0.240 e. The van der Waals surface area contributed by atoms with Gasteiger partial charge in [-0.1, -0.05) is 48.5 Å². The van der Waals surface area contributed by atoms with Gasteiger partial charge in [0.05, 0.1) is 4.90 Å². The van der Waals surface area contributed by atoms with Crippen molar-refractivity contribution in [3.63, 3.8) is 0 Å². The summed E-state index contributed by atoms with van der Waals surface area (Å²) in [5, 5.41) is 2.66. The van der Waals surface area contributed by atoms with Gasteiger partial charge in [0.2, 0.25) is 15.9 Å². The first-order valence-corrected chi connectivity index (χ1v) is 9.89. The summed E-state index contributed by atoms with van der Waals surface area (Å²) in [6.07, 6.45) is 1.69. The third kappa shape index (κ3) is 5.22. The zero-order valence-corrected chi connectivity index (χ0v) is 15.3. The molecule has 27 heavy (non-hydrogen) atoms. The van der Waals surface area contributed by atoms with E-state index in [4.69, 9.17) is 0 Å². The number of pyridine rings is 1. The summed E-state index contributed by atoms with van der Waals surface area (Å²) in [4.78, 5) is 16.4. The van der Waals surface area contributed by atoms with Gasteiger partial charge >= 0.3 is 0 Å². The molecule has 1 amide bonds. The molecule has 0 saturated carbocycles. The number of hydrogen-bond donors (Lipinski definition) is 2. The summed E-state index contributed by atoms with van der Waals surface area (Å²) in [7, 11) is -3.61. The standard InChI is InChI=1S/C20H19N3O3S/c24-20(13-14-22-27(25,26)18-9-5-2-6-10-18)23-19-12-11-17(15-21-19)16-7-3-1-4-8-16/h1-12,15,22H,13-14H2,(H,21,23,24). The van der Waals surface area contributed by atoms with Gasteiger partial charge in [0.25, 0.3) is 0 Å². The van der Waals surface area contributed by atoms with Crippen LogP contribution in [0.4, 0.5) is 5.82 Å². The molecule has 1 heterocycles. The van der Waals surface area contributed by atoms with Crippen LogP contribution in [0.25, 0.3) is 11.1 Å². The van der Waals surface area contributed by atoms with Gasteiger partial charge in [-0.15, -0.1) is 0 Å². The average Bonchev–Trinajstić information content (AvgIpc) is 2.70. The SMILES string of the molecule is O=C(CCNS(=O)(=O)c1ccccc1)Nc1ccc(-c2ccccc2)cn1. The van der Waals surface area contributed by atoms with Crippen LogP contribution < -0.4 is 10.0 Å². The van der Waals surface area contributed by atoms with E-state index in [-0.39, 0.29) is 23.8 Å². The number of nitrogens with zero attached hydrogens (tertiary/aromatic N) is 1.